The third kappa shape index (κ3) is 4.32. The molecule has 1 amide bonds. The number of aliphatic hydroxyl groups excluding tert-OH is 1. The second kappa shape index (κ2) is 7.06. The van der Waals surface area contributed by atoms with Gasteiger partial charge in [0.25, 0.3) is 0 Å². The molecular formula is C15H20BrNO2. The highest BCUT2D eigenvalue weighted by atomic mass is 79.9. The molecule has 1 aromatic carbocycles. The Balaban J connectivity index is 1.77. The summed E-state index contributed by atoms with van der Waals surface area (Å²) < 4.78 is 1.06. The van der Waals surface area contributed by atoms with Gasteiger partial charge in [0.2, 0.25) is 5.91 Å². The molecule has 0 bridgehead atoms. The van der Waals surface area contributed by atoms with Gasteiger partial charge in [-0.05, 0) is 42.9 Å². The second-order valence-electron chi connectivity index (χ2n) is 5.13. The molecule has 0 radical (unpaired) electrons. The third-order valence-electron chi connectivity index (χ3n) is 3.77. The van der Waals surface area contributed by atoms with E-state index in [0.717, 1.165) is 36.8 Å². The van der Waals surface area contributed by atoms with Gasteiger partial charge in [-0.2, -0.15) is 0 Å². The van der Waals surface area contributed by atoms with E-state index in [0.29, 0.717) is 12.3 Å². The van der Waals surface area contributed by atoms with E-state index in [1.165, 1.54) is 5.56 Å². The molecule has 0 unspecified atom stereocenters. The van der Waals surface area contributed by atoms with Crippen LogP contribution in [0.3, 0.4) is 0 Å². The lowest BCUT2D eigenvalue weighted by molar-refractivity contribution is -0.132. The molecule has 0 aromatic heterocycles. The van der Waals surface area contributed by atoms with Crippen LogP contribution in [0.4, 0.5) is 0 Å². The van der Waals surface area contributed by atoms with Gasteiger partial charge in [-0.1, -0.05) is 28.1 Å². The molecule has 4 heteroatoms. The van der Waals surface area contributed by atoms with Crippen molar-refractivity contribution in [1.29, 1.82) is 0 Å². The maximum absolute atomic E-state index is 12.1. The Morgan fingerprint density at radius 2 is 1.89 bits per heavy atom. The first kappa shape index (κ1) is 14.5. The summed E-state index contributed by atoms with van der Waals surface area (Å²) in [5.74, 6) is 0.620. The average molecular weight is 326 g/mol. The smallest absolute Gasteiger partial charge is 0.222 e. The molecule has 3 nitrogen and oxygen atoms in total. The van der Waals surface area contributed by atoms with Crippen molar-refractivity contribution in [2.75, 3.05) is 19.7 Å². The van der Waals surface area contributed by atoms with E-state index >= 15 is 0 Å². The van der Waals surface area contributed by atoms with Gasteiger partial charge in [0, 0.05) is 30.6 Å². The molecule has 19 heavy (non-hydrogen) atoms. The third-order valence-corrected chi connectivity index (χ3v) is 4.29. The lowest BCUT2D eigenvalue weighted by Crippen LogP contribution is -2.39. The Hall–Kier alpha value is -0.870. The SMILES string of the molecule is O=C(CCc1ccc(Br)cc1)N1CCC(CO)CC1. The van der Waals surface area contributed by atoms with Crippen LogP contribution in [-0.4, -0.2) is 35.6 Å². The zero-order chi connectivity index (χ0) is 13.7. The van der Waals surface area contributed by atoms with E-state index in [4.69, 9.17) is 5.11 Å². The highest BCUT2D eigenvalue weighted by Gasteiger charge is 2.21. The standard InChI is InChI=1S/C15H20BrNO2/c16-14-4-1-12(2-5-14)3-6-15(19)17-9-7-13(11-18)8-10-17/h1-2,4-5,13,18H,3,6-11H2. The number of aryl methyl sites for hydroxylation is 1. The molecule has 1 aliphatic rings. The van der Waals surface area contributed by atoms with Crippen molar-refractivity contribution in [2.45, 2.75) is 25.7 Å². The molecule has 1 heterocycles. The number of rotatable bonds is 4. The van der Waals surface area contributed by atoms with Gasteiger partial charge in [-0.15, -0.1) is 0 Å². The Morgan fingerprint density at radius 3 is 2.47 bits per heavy atom. The van der Waals surface area contributed by atoms with Crippen molar-refractivity contribution in [2.24, 2.45) is 5.92 Å². The first-order chi connectivity index (χ1) is 9.19. The number of halogens is 1. The summed E-state index contributed by atoms with van der Waals surface area (Å²) in [6.45, 7) is 1.84. The van der Waals surface area contributed by atoms with Crippen LogP contribution in [0.25, 0.3) is 0 Å². The topological polar surface area (TPSA) is 40.5 Å². The first-order valence-corrected chi connectivity index (χ1v) is 7.61. The number of nitrogens with zero attached hydrogens (tertiary/aromatic N) is 1. The number of aliphatic hydroxyl groups is 1. The molecule has 1 aliphatic heterocycles. The zero-order valence-corrected chi connectivity index (χ0v) is 12.6. The van der Waals surface area contributed by atoms with Crippen molar-refractivity contribution in [3.05, 3.63) is 34.3 Å². The zero-order valence-electron chi connectivity index (χ0n) is 11.0. The molecule has 0 aliphatic carbocycles. The first-order valence-electron chi connectivity index (χ1n) is 6.82. The highest BCUT2D eigenvalue weighted by molar-refractivity contribution is 9.10. The maximum atomic E-state index is 12.1. The van der Waals surface area contributed by atoms with Gasteiger partial charge in [-0.25, -0.2) is 0 Å². The molecular weight excluding hydrogens is 306 g/mol. The molecule has 0 spiro atoms. The lowest BCUT2D eigenvalue weighted by Gasteiger charge is -2.31. The van der Waals surface area contributed by atoms with Crippen molar-refractivity contribution in [3.63, 3.8) is 0 Å². The number of piperidine rings is 1. The summed E-state index contributed by atoms with van der Waals surface area (Å²) in [6, 6.07) is 8.11. The van der Waals surface area contributed by atoms with Crippen molar-refractivity contribution < 1.29 is 9.90 Å². The minimum atomic E-state index is 0.235. The minimum Gasteiger partial charge on any atom is -0.396 e. The number of carbonyl (C=O) groups is 1. The number of hydrogen-bond donors (Lipinski definition) is 1. The Kier molecular flexibility index (Phi) is 5.40. The Bertz CT molecular complexity index is 411. The summed E-state index contributed by atoms with van der Waals surface area (Å²) in [7, 11) is 0. The number of carbonyl (C=O) groups excluding carboxylic acids is 1. The van der Waals surface area contributed by atoms with E-state index in [1.54, 1.807) is 0 Å². The van der Waals surface area contributed by atoms with Gasteiger partial charge < -0.3 is 10.0 Å². The monoisotopic (exact) mass is 325 g/mol. The lowest BCUT2D eigenvalue weighted by atomic mass is 9.97. The number of amides is 1. The summed E-state index contributed by atoms with van der Waals surface area (Å²) in [4.78, 5) is 14.0. The van der Waals surface area contributed by atoms with E-state index in [-0.39, 0.29) is 12.5 Å². The van der Waals surface area contributed by atoms with Crippen molar-refractivity contribution in [3.8, 4) is 0 Å². The van der Waals surface area contributed by atoms with E-state index < -0.39 is 0 Å². The number of likely N-dealkylation sites (tertiary alicyclic amines) is 1. The number of benzene rings is 1. The quantitative estimate of drug-likeness (QED) is 0.924. The fourth-order valence-electron chi connectivity index (χ4n) is 2.43. The minimum absolute atomic E-state index is 0.235. The summed E-state index contributed by atoms with van der Waals surface area (Å²) >= 11 is 3.40. The summed E-state index contributed by atoms with van der Waals surface area (Å²) in [5.41, 5.74) is 1.20. The van der Waals surface area contributed by atoms with Gasteiger partial charge in [-0.3, -0.25) is 4.79 Å². The van der Waals surface area contributed by atoms with Crippen LogP contribution >= 0.6 is 15.9 Å². The van der Waals surface area contributed by atoms with Crippen LogP contribution in [0.15, 0.2) is 28.7 Å². The van der Waals surface area contributed by atoms with Gasteiger partial charge in [0.15, 0.2) is 0 Å². The number of hydrogen-bond acceptors (Lipinski definition) is 2. The normalized spacial score (nSPS) is 16.6. The fourth-order valence-corrected chi connectivity index (χ4v) is 2.69. The molecule has 104 valence electrons. The van der Waals surface area contributed by atoms with Crippen LogP contribution in [-0.2, 0) is 11.2 Å². The molecule has 0 atom stereocenters. The van der Waals surface area contributed by atoms with E-state index in [1.807, 2.05) is 17.0 Å². The summed E-state index contributed by atoms with van der Waals surface area (Å²) in [5, 5.41) is 9.08. The summed E-state index contributed by atoms with van der Waals surface area (Å²) in [6.07, 6.45) is 3.23. The molecule has 1 aromatic rings. The van der Waals surface area contributed by atoms with Crippen LogP contribution in [0.5, 0.6) is 0 Å². The molecule has 1 N–H and O–H groups in total. The average Bonchev–Trinajstić information content (AvgIpc) is 2.46. The van der Waals surface area contributed by atoms with E-state index in [2.05, 4.69) is 28.1 Å². The fraction of sp³-hybridized carbons (Fsp3) is 0.533. The van der Waals surface area contributed by atoms with E-state index in [9.17, 15) is 4.79 Å². The predicted octanol–water partition coefficient (Wildman–Crippen LogP) is 2.61. The predicted molar refractivity (Wildman–Crippen MR) is 78.9 cm³/mol. The van der Waals surface area contributed by atoms with Crippen LogP contribution in [0.2, 0.25) is 0 Å². The second-order valence-corrected chi connectivity index (χ2v) is 6.05. The van der Waals surface area contributed by atoms with Crippen LogP contribution < -0.4 is 0 Å². The maximum Gasteiger partial charge on any atom is 0.222 e. The van der Waals surface area contributed by atoms with Crippen LogP contribution in [0.1, 0.15) is 24.8 Å². The van der Waals surface area contributed by atoms with Gasteiger partial charge >= 0.3 is 0 Å². The molecule has 1 fully saturated rings. The Morgan fingerprint density at radius 1 is 1.26 bits per heavy atom. The largest absolute Gasteiger partial charge is 0.396 e. The molecule has 2 rings (SSSR count). The van der Waals surface area contributed by atoms with Crippen molar-refractivity contribution >= 4 is 21.8 Å². The van der Waals surface area contributed by atoms with Gasteiger partial charge in [0.05, 0.1) is 0 Å². The highest BCUT2D eigenvalue weighted by Crippen LogP contribution is 2.18. The molecule has 0 saturated carbocycles. The Labute approximate surface area is 122 Å². The van der Waals surface area contributed by atoms with Crippen molar-refractivity contribution in [1.82, 2.24) is 4.90 Å². The van der Waals surface area contributed by atoms with Crippen LogP contribution in [0, 0.1) is 5.92 Å². The van der Waals surface area contributed by atoms with Gasteiger partial charge in [0.1, 0.15) is 0 Å². The molecule has 1 saturated heterocycles.